The van der Waals surface area contributed by atoms with Crippen LogP contribution < -0.4 is 32.3 Å². The molecular weight excluding hydrogens is 1170 g/mol. The van der Waals surface area contributed by atoms with Gasteiger partial charge in [-0.2, -0.15) is 28.8 Å². The number of pyridine rings is 4. The van der Waals surface area contributed by atoms with Crippen LogP contribution in [0.15, 0.2) is 161 Å². The van der Waals surface area contributed by atoms with E-state index in [2.05, 4.69) is 10.3 Å². The van der Waals surface area contributed by atoms with Gasteiger partial charge in [-0.1, -0.05) is 45.0 Å². The van der Waals surface area contributed by atoms with Crippen LogP contribution in [0.5, 0.6) is 23.0 Å². The lowest BCUT2D eigenvalue weighted by Crippen LogP contribution is -2.31. The fourth-order valence-electron chi connectivity index (χ4n) is 7.61. The van der Waals surface area contributed by atoms with Crippen LogP contribution >= 0.6 is 0 Å². The summed E-state index contributed by atoms with van der Waals surface area (Å²) in [5.74, 6) is -1.74. The number of hydrogen-bond acceptors (Lipinski definition) is 20. The number of halogens is 2. The zero-order valence-electron chi connectivity index (χ0n) is 48.9. The molecule has 6 N–H and O–H groups in total. The molecule has 0 spiro atoms. The molecule has 6 aromatic heterocycles. The molecule has 468 valence electrons. The Morgan fingerprint density at radius 1 is 0.551 bits per heavy atom. The highest BCUT2D eigenvalue weighted by Gasteiger charge is 2.22. The number of ketones is 2. The third kappa shape index (κ3) is 22.4. The number of furan rings is 2. The monoisotopic (exact) mass is 1230 g/mol. The zero-order valence-corrected chi connectivity index (χ0v) is 48.9. The van der Waals surface area contributed by atoms with E-state index in [4.69, 9.17) is 52.6 Å². The molecular formula is C62H61F2N5O20. The number of aliphatic hydroxyl groups excluding tert-OH is 1. The van der Waals surface area contributed by atoms with Crippen LogP contribution in [0.1, 0.15) is 99.6 Å². The second-order valence-electron chi connectivity index (χ2n) is 18.0. The number of carbonyl (C=O) groups is 3. The highest BCUT2D eigenvalue weighted by molar-refractivity contribution is 6.09. The van der Waals surface area contributed by atoms with Crippen molar-refractivity contribution in [3.8, 4) is 23.0 Å². The van der Waals surface area contributed by atoms with Gasteiger partial charge in [-0.3, -0.25) is 33.6 Å². The summed E-state index contributed by atoms with van der Waals surface area (Å²) in [6.45, 7) is 6.37. The maximum atomic E-state index is 12.9. The quantitative estimate of drug-likeness (QED) is 0.0779. The van der Waals surface area contributed by atoms with Gasteiger partial charge in [0.05, 0.1) is 18.2 Å². The van der Waals surface area contributed by atoms with E-state index >= 15 is 0 Å². The molecule has 1 amide bonds. The predicted octanol–water partition coefficient (Wildman–Crippen LogP) is 5.87. The summed E-state index contributed by atoms with van der Waals surface area (Å²) >= 11 is 0. The van der Waals surface area contributed by atoms with E-state index in [0.717, 1.165) is 29.5 Å². The minimum atomic E-state index is -0.654. The Bertz CT molecular complexity index is 4030. The first-order valence-corrected chi connectivity index (χ1v) is 26.2. The molecule has 7 heterocycles. The van der Waals surface area contributed by atoms with Gasteiger partial charge in [0.1, 0.15) is 23.2 Å². The van der Waals surface area contributed by atoms with E-state index in [1.807, 2.05) is 20.8 Å². The largest absolute Gasteiger partial charge is 0.503 e. The Kier molecular flexibility index (Phi) is 31.0. The van der Waals surface area contributed by atoms with E-state index in [-0.39, 0.29) is 87.2 Å². The normalized spacial score (nSPS) is 10.6. The first kappa shape index (κ1) is 73.5. The second kappa shape index (κ2) is 37.6. The van der Waals surface area contributed by atoms with E-state index in [1.54, 1.807) is 74.9 Å². The van der Waals surface area contributed by atoms with Crippen LogP contribution in [0.25, 0.3) is 0 Å². The van der Waals surface area contributed by atoms with Crippen molar-refractivity contribution in [1.29, 1.82) is 0 Å². The summed E-state index contributed by atoms with van der Waals surface area (Å²) < 4.78 is 45.9. The third-order valence-corrected chi connectivity index (χ3v) is 12.3. The molecule has 89 heavy (non-hydrogen) atoms. The maximum absolute atomic E-state index is 12.9. The number of carbonyl (C=O) groups excluding carboxylic acids is 9. The Hall–Kier alpha value is -11.7. The van der Waals surface area contributed by atoms with Crippen molar-refractivity contribution in [3.63, 3.8) is 0 Å². The number of aliphatic hydroxyl groups is 1. The van der Waals surface area contributed by atoms with Crippen LogP contribution in [0.2, 0.25) is 0 Å². The lowest BCUT2D eigenvalue weighted by molar-refractivity contribution is -0.193. The molecule has 0 saturated heterocycles. The molecule has 8 aromatic rings. The fourth-order valence-corrected chi connectivity index (χ4v) is 7.61. The minimum absolute atomic E-state index is 0.0218. The topological polar surface area (TPSA) is 381 Å². The van der Waals surface area contributed by atoms with Crippen LogP contribution in [-0.2, 0) is 80.4 Å². The van der Waals surface area contributed by atoms with Gasteiger partial charge in [-0.05, 0) is 115 Å². The molecule has 1 aliphatic heterocycles. The number of aromatic hydroxyl groups is 3. The second-order valence-corrected chi connectivity index (χ2v) is 18.0. The average molecular weight is 1230 g/mol. The van der Waals surface area contributed by atoms with Crippen LogP contribution in [-0.4, -0.2) is 88.7 Å². The van der Waals surface area contributed by atoms with Gasteiger partial charge >= 0.3 is 18.5 Å². The number of aromatic amines is 1. The van der Waals surface area contributed by atoms with Crippen molar-refractivity contribution < 1.29 is 85.9 Å². The molecule has 0 saturated carbocycles. The fraction of sp³-hybridized carbons (Fsp3) is 0.226. The maximum Gasteiger partial charge on any atom is 0.373 e. The molecule has 2 aromatic carbocycles. The molecule has 0 fully saturated rings. The first-order valence-electron chi connectivity index (χ1n) is 26.2. The van der Waals surface area contributed by atoms with E-state index in [1.165, 1.54) is 88.9 Å². The highest BCUT2D eigenvalue weighted by Crippen LogP contribution is 2.23. The number of methoxy groups -OCH3 is 1. The van der Waals surface area contributed by atoms with Crippen molar-refractivity contribution in [2.24, 2.45) is 21.1 Å². The Morgan fingerprint density at radius 3 is 1.39 bits per heavy atom. The summed E-state index contributed by atoms with van der Waals surface area (Å²) in [5.41, 5.74) is 2.19. The number of nitrogens with zero attached hydrogens (tertiary/aromatic N) is 3. The van der Waals surface area contributed by atoms with Crippen molar-refractivity contribution in [1.82, 2.24) is 24.0 Å². The number of aryl methyl sites for hydroxylation is 5. The number of rotatable bonds is 12. The number of hydrogen-bond donors (Lipinski definition) is 6. The van der Waals surface area contributed by atoms with Gasteiger partial charge in [0.15, 0.2) is 40.3 Å². The summed E-state index contributed by atoms with van der Waals surface area (Å²) in [5, 5.41) is 39.8. The van der Waals surface area contributed by atoms with Crippen molar-refractivity contribution >= 4 is 35.9 Å². The molecule has 0 bridgehead atoms. The molecule has 0 atom stereocenters. The summed E-state index contributed by atoms with van der Waals surface area (Å²) in [7, 11) is 6.01. The number of H-pyrrole nitrogens is 1. The van der Waals surface area contributed by atoms with Crippen molar-refractivity contribution in [2.45, 2.75) is 59.3 Å². The molecule has 0 radical (unpaired) electrons. The van der Waals surface area contributed by atoms with Crippen molar-refractivity contribution in [3.05, 3.63) is 243 Å². The van der Waals surface area contributed by atoms with Crippen LogP contribution in [0, 0.1) is 11.6 Å². The molecule has 0 unspecified atom stereocenters. The smallest absolute Gasteiger partial charge is 0.373 e. The van der Waals surface area contributed by atoms with Gasteiger partial charge in [0, 0.05) is 76.4 Å². The molecule has 9 rings (SSSR count). The Morgan fingerprint density at radius 2 is 0.966 bits per heavy atom. The van der Waals surface area contributed by atoms with Gasteiger partial charge < -0.3 is 58.0 Å². The SMILES string of the molecule is CCC1=C(O)C(=O)NCC1.CCc1cc[nH]c(=O)c1O.CCc1ccn(C)c(=O)c1O.COc1c(C(=O)c2ccc(Cc3ccc(F)cc3)o2)ccn(C)c1=O.Cn1ccc(C(=O)c2ccc(Cc3ccc(F)cc3)o2)c(O)c1=O.O=C=O.O=C=O.O=C=O. The van der Waals surface area contributed by atoms with Crippen LogP contribution in [0.4, 0.5) is 8.78 Å². The first-order chi connectivity index (χ1) is 42.4. The standard InChI is InChI=1S/C19H16FNO4.C18H14FNO4.C8H11NO2.C7H11NO2.C7H9NO2.3CO2/c1-21-10-9-15(18(24-2)19(21)23)17(22)16-8-7-14(25-16)11-12-3-5-13(20)6-4-12;1-20-9-8-14(17(22)18(20)23)16(21)15-7-6-13(24-15)10-11-2-4-12(19)5-3-11;1-3-6-4-5-9(2)8(11)7(6)10;2*1-2-5-3-4-8-7(10)6(5)9;3*2-1-3/h3-10H,11H2,1-2H3;2-9,22H,10H2,1H3;4-5,10H,3H2,1-2H3;9H,2-4H2,1H3,(H,8,10);3-4,9H,2H2,1H3,(H,8,10);;;. The molecule has 25 nitrogen and oxygen atoms in total. The number of amides is 1. The third-order valence-electron chi connectivity index (χ3n) is 12.3. The summed E-state index contributed by atoms with van der Waals surface area (Å²) in [6.07, 6.45) is 10.6. The van der Waals surface area contributed by atoms with E-state index in [9.17, 15) is 52.6 Å². The van der Waals surface area contributed by atoms with E-state index in [0.29, 0.717) is 54.9 Å². The summed E-state index contributed by atoms with van der Waals surface area (Å²) in [6, 6.07) is 24.7. The Balaban J connectivity index is 0.000000386. The minimum Gasteiger partial charge on any atom is -0.503 e. The lowest BCUT2D eigenvalue weighted by Gasteiger charge is -2.14. The number of ether oxygens (including phenoxy) is 1. The molecule has 0 aliphatic carbocycles. The summed E-state index contributed by atoms with van der Waals surface area (Å²) in [4.78, 5) is 132. The number of aromatic nitrogens is 4. The molecule has 1 aliphatic rings. The highest BCUT2D eigenvalue weighted by atomic mass is 19.1. The molecule has 27 heteroatoms. The zero-order chi connectivity index (χ0) is 66.9. The average Bonchev–Trinajstić information content (AvgIpc) is 2.29. The van der Waals surface area contributed by atoms with Gasteiger partial charge in [-0.15, -0.1) is 0 Å². The number of benzene rings is 2. The van der Waals surface area contributed by atoms with Gasteiger partial charge in [0.2, 0.25) is 11.6 Å². The van der Waals surface area contributed by atoms with Gasteiger partial charge in [-0.25, -0.2) is 8.78 Å². The van der Waals surface area contributed by atoms with Crippen LogP contribution in [0.3, 0.4) is 0 Å². The van der Waals surface area contributed by atoms with Gasteiger partial charge in [0.25, 0.3) is 28.1 Å². The number of nitrogens with one attached hydrogen (secondary N) is 2. The Labute approximate surface area is 504 Å². The predicted molar refractivity (Wildman–Crippen MR) is 308 cm³/mol. The van der Waals surface area contributed by atoms with Crippen molar-refractivity contribution in [2.75, 3.05) is 13.7 Å². The van der Waals surface area contributed by atoms with E-state index < -0.39 is 34.0 Å². The lowest BCUT2D eigenvalue weighted by atomic mass is 10.1.